The molecule has 1 heterocycles. The van der Waals surface area contributed by atoms with Gasteiger partial charge < -0.3 is 9.67 Å². The molecule has 0 saturated heterocycles. The third-order valence-electron chi connectivity index (χ3n) is 2.88. The van der Waals surface area contributed by atoms with Crippen LogP contribution in [0.4, 0.5) is 5.69 Å². The highest BCUT2D eigenvalue weighted by molar-refractivity contribution is 6.30. The van der Waals surface area contributed by atoms with Crippen molar-refractivity contribution in [3.8, 4) is 0 Å². The maximum absolute atomic E-state index is 11.0. The lowest BCUT2D eigenvalue weighted by atomic mass is 10.1. The molecule has 6 heteroatoms. The number of nitro benzene ring substituents is 1. The van der Waals surface area contributed by atoms with Crippen LogP contribution in [0.2, 0.25) is 5.02 Å². The van der Waals surface area contributed by atoms with E-state index in [0.717, 1.165) is 0 Å². The molecule has 2 rings (SSSR count). The van der Waals surface area contributed by atoms with Gasteiger partial charge in [-0.2, -0.15) is 0 Å². The zero-order valence-electron chi connectivity index (χ0n) is 10.3. The second kappa shape index (κ2) is 5.42. The summed E-state index contributed by atoms with van der Waals surface area (Å²) in [5, 5.41) is 21.0. The Balaban J connectivity index is 2.38. The Kier molecular flexibility index (Phi) is 3.87. The fourth-order valence-corrected chi connectivity index (χ4v) is 2.14. The van der Waals surface area contributed by atoms with E-state index >= 15 is 0 Å². The van der Waals surface area contributed by atoms with Crippen LogP contribution >= 0.6 is 11.6 Å². The molecule has 5 nitrogen and oxygen atoms in total. The Hall–Kier alpha value is -1.85. The van der Waals surface area contributed by atoms with Gasteiger partial charge in [-0.15, -0.1) is 0 Å². The molecule has 0 fully saturated rings. The van der Waals surface area contributed by atoms with Crippen molar-refractivity contribution in [2.24, 2.45) is 0 Å². The van der Waals surface area contributed by atoms with E-state index in [4.69, 9.17) is 11.6 Å². The zero-order valence-corrected chi connectivity index (χ0v) is 11.0. The van der Waals surface area contributed by atoms with Crippen molar-refractivity contribution in [1.29, 1.82) is 0 Å². The minimum absolute atomic E-state index is 0.0160. The van der Waals surface area contributed by atoms with E-state index in [1.54, 1.807) is 42.0 Å². The molecule has 100 valence electrons. The van der Waals surface area contributed by atoms with Crippen molar-refractivity contribution in [1.82, 2.24) is 4.57 Å². The van der Waals surface area contributed by atoms with Crippen molar-refractivity contribution in [2.75, 3.05) is 0 Å². The van der Waals surface area contributed by atoms with E-state index in [1.165, 1.54) is 6.07 Å². The monoisotopic (exact) mass is 280 g/mol. The lowest BCUT2D eigenvalue weighted by Crippen LogP contribution is -2.07. The Morgan fingerprint density at radius 1 is 1.47 bits per heavy atom. The molecule has 1 aromatic heterocycles. The van der Waals surface area contributed by atoms with Crippen molar-refractivity contribution >= 4 is 17.3 Å². The minimum atomic E-state index is -0.624. The van der Waals surface area contributed by atoms with E-state index in [0.29, 0.717) is 22.8 Å². The molecule has 0 aliphatic rings. The average molecular weight is 281 g/mol. The highest BCUT2D eigenvalue weighted by Crippen LogP contribution is 2.25. The Morgan fingerprint density at radius 3 is 2.84 bits per heavy atom. The van der Waals surface area contributed by atoms with Gasteiger partial charge in [0, 0.05) is 28.5 Å². The van der Waals surface area contributed by atoms with Gasteiger partial charge >= 0.3 is 0 Å². The zero-order chi connectivity index (χ0) is 14.0. The summed E-state index contributed by atoms with van der Waals surface area (Å²) in [6.07, 6.45) is 1.15. The summed E-state index contributed by atoms with van der Waals surface area (Å²) in [5.41, 5.74) is 1.24. The second-order valence-electron chi connectivity index (χ2n) is 4.27. The Labute approximate surface area is 115 Å². The molecule has 0 aliphatic carbocycles. The van der Waals surface area contributed by atoms with Crippen molar-refractivity contribution < 1.29 is 10.0 Å². The molecule has 2 aromatic rings. The quantitative estimate of drug-likeness (QED) is 0.691. The van der Waals surface area contributed by atoms with Crippen LogP contribution in [-0.2, 0) is 6.54 Å². The Bertz CT molecular complexity index is 608. The van der Waals surface area contributed by atoms with Gasteiger partial charge in [-0.05, 0) is 31.2 Å². The van der Waals surface area contributed by atoms with Gasteiger partial charge in [0.25, 0.3) is 5.69 Å². The van der Waals surface area contributed by atoms with E-state index < -0.39 is 11.0 Å². The number of aliphatic hydroxyl groups excluding tert-OH is 1. The highest BCUT2D eigenvalue weighted by Gasteiger charge is 2.16. The molecule has 19 heavy (non-hydrogen) atoms. The van der Waals surface area contributed by atoms with Crippen molar-refractivity contribution in [2.45, 2.75) is 19.6 Å². The molecular formula is C13H13ClN2O3. The first-order valence-corrected chi connectivity index (χ1v) is 6.12. The third kappa shape index (κ3) is 2.94. The number of rotatable bonds is 4. The van der Waals surface area contributed by atoms with Gasteiger partial charge in [0.2, 0.25) is 0 Å². The number of hydrogen-bond acceptors (Lipinski definition) is 3. The highest BCUT2D eigenvalue weighted by atomic mass is 35.5. The standard InChI is InChI=1S/C13H13ClN2O3/c1-9(17)12-3-2-6-15(12)8-10-4-5-11(14)7-13(10)16(18)19/h2-7,9,17H,8H2,1H3. The van der Waals surface area contributed by atoms with Crippen LogP contribution in [-0.4, -0.2) is 14.6 Å². The van der Waals surface area contributed by atoms with E-state index in [9.17, 15) is 15.2 Å². The van der Waals surface area contributed by atoms with Crippen LogP contribution in [0.1, 0.15) is 24.3 Å². The average Bonchev–Trinajstić information content (AvgIpc) is 2.79. The first-order chi connectivity index (χ1) is 8.99. The van der Waals surface area contributed by atoms with Gasteiger partial charge in [0.1, 0.15) is 0 Å². The Morgan fingerprint density at radius 2 is 2.21 bits per heavy atom. The number of aromatic nitrogens is 1. The van der Waals surface area contributed by atoms with Crippen LogP contribution in [0.5, 0.6) is 0 Å². The summed E-state index contributed by atoms with van der Waals surface area (Å²) < 4.78 is 1.78. The number of benzene rings is 1. The molecule has 0 spiro atoms. The van der Waals surface area contributed by atoms with Crippen LogP contribution in [0.15, 0.2) is 36.5 Å². The van der Waals surface area contributed by atoms with E-state index in [2.05, 4.69) is 0 Å². The number of halogens is 1. The van der Waals surface area contributed by atoms with Crippen LogP contribution in [0.25, 0.3) is 0 Å². The maximum Gasteiger partial charge on any atom is 0.275 e. The molecule has 0 aliphatic heterocycles. The number of aliphatic hydroxyl groups is 1. The third-order valence-corrected chi connectivity index (χ3v) is 3.11. The SMILES string of the molecule is CC(O)c1cccn1Cc1ccc(Cl)cc1[N+](=O)[O-]. The molecule has 0 bridgehead atoms. The van der Waals surface area contributed by atoms with Gasteiger partial charge in [0.15, 0.2) is 0 Å². The van der Waals surface area contributed by atoms with Crippen LogP contribution < -0.4 is 0 Å². The first kappa shape index (κ1) is 13.6. The van der Waals surface area contributed by atoms with Gasteiger partial charge in [-0.3, -0.25) is 10.1 Å². The summed E-state index contributed by atoms with van der Waals surface area (Å²) in [4.78, 5) is 10.6. The molecule has 1 N–H and O–H groups in total. The summed E-state index contributed by atoms with van der Waals surface area (Å²) in [6, 6.07) is 8.17. The summed E-state index contributed by atoms with van der Waals surface area (Å²) in [5.74, 6) is 0. The topological polar surface area (TPSA) is 68.3 Å². The number of hydrogen-bond donors (Lipinski definition) is 1. The summed E-state index contributed by atoms with van der Waals surface area (Å²) in [6.45, 7) is 1.98. The smallest absolute Gasteiger partial charge is 0.275 e. The normalized spacial score (nSPS) is 12.4. The lowest BCUT2D eigenvalue weighted by molar-refractivity contribution is -0.385. The van der Waals surface area contributed by atoms with Crippen molar-refractivity contribution in [3.63, 3.8) is 0 Å². The molecule has 0 radical (unpaired) electrons. The predicted octanol–water partition coefficient (Wildman–Crippen LogP) is 3.15. The maximum atomic E-state index is 11.0. The van der Waals surface area contributed by atoms with E-state index in [1.807, 2.05) is 0 Å². The van der Waals surface area contributed by atoms with Crippen LogP contribution in [0.3, 0.4) is 0 Å². The fourth-order valence-electron chi connectivity index (χ4n) is 1.97. The fraction of sp³-hybridized carbons (Fsp3) is 0.231. The van der Waals surface area contributed by atoms with Crippen LogP contribution in [0, 0.1) is 10.1 Å². The van der Waals surface area contributed by atoms with Crippen molar-refractivity contribution in [3.05, 3.63) is 62.9 Å². The summed E-state index contributed by atoms with van der Waals surface area (Å²) >= 11 is 5.77. The summed E-state index contributed by atoms with van der Waals surface area (Å²) in [7, 11) is 0. The second-order valence-corrected chi connectivity index (χ2v) is 4.70. The largest absolute Gasteiger partial charge is 0.387 e. The van der Waals surface area contributed by atoms with Gasteiger partial charge in [-0.1, -0.05) is 11.6 Å². The minimum Gasteiger partial charge on any atom is -0.387 e. The molecule has 0 saturated carbocycles. The molecule has 1 atom stereocenters. The number of nitrogens with zero attached hydrogens (tertiary/aromatic N) is 2. The molecule has 1 aromatic carbocycles. The molecular weight excluding hydrogens is 268 g/mol. The first-order valence-electron chi connectivity index (χ1n) is 5.75. The van der Waals surface area contributed by atoms with E-state index in [-0.39, 0.29) is 5.69 Å². The molecule has 1 unspecified atom stereocenters. The molecule has 0 amide bonds. The van der Waals surface area contributed by atoms with Gasteiger partial charge in [0.05, 0.1) is 17.6 Å². The lowest BCUT2D eigenvalue weighted by Gasteiger charge is -2.11. The number of nitro groups is 1. The van der Waals surface area contributed by atoms with Gasteiger partial charge in [-0.25, -0.2) is 0 Å². The predicted molar refractivity (Wildman–Crippen MR) is 72.3 cm³/mol.